The summed E-state index contributed by atoms with van der Waals surface area (Å²) >= 11 is 3.38. The summed E-state index contributed by atoms with van der Waals surface area (Å²) in [5.74, 6) is -1.64. The Morgan fingerprint density at radius 1 is 1.45 bits per heavy atom. The molecule has 1 aliphatic heterocycles. The van der Waals surface area contributed by atoms with Gasteiger partial charge >= 0.3 is 11.7 Å². The van der Waals surface area contributed by atoms with Crippen LogP contribution in [0, 0.1) is 0 Å². The van der Waals surface area contributed by atoms with Crippen molar-refractivity contribution in [3.63, 3.8) is 0 Å². The minimum atomic E-state index is -1.22. The van der Waals surface area contributed by atoms with Gasteiger partial charge in [0.1, 0.15) is 12.2 Å². The number of H-pyrrole nitrogens is 1. The molecule has 2 heterocycles. The van der Waals surface area contributed by atoms with Crippen molar-refractivity contribution < 1.29 is 15.0 Å². The van der Waals surface area contributed by atoms with Gasteiger partial charge in [-0.3, -0.25) is 14.4 Å². The number of aliphatic carboxylic acids is 1. The van der Waals surface area contributed by atoms with Gasteiger partial charge in [-0.1, -0.05) is 15.9 Å². The molecule has 0 unspecified atom stereocenters. The highest BCUT2D eigenvalue weighted by molar-refractivity contribution is 9.10. The molecule has 3 rings (SSSR count). The summed E-state index contributed by atoms with van der Waals surface area (Å²) < 4.78 is 1.63. The molecule has 0 saturated carbocycles. The molecule has 3 N–H and O–H groups in total. The van der Waals surface area contributed by atoms with Crippen LogP contribution in [-0.4, -0.2) is 31.9 Å². The van der Waals surface area contributed by atoms with Gasteiger partial charge in [0.25, 0.3) is 0 Å². The molecule has 0 radical (unpaired) electrons. The Morgan fingerprint density at radius 3 is 2.95 bits per heavy atom. The second-order valence-electron chi connectivity index (χ2n) is 4.67. The topological polar surface area (TPSA) is 108 Å². The molecule has 0 saturated heterocycles. The fraction of sp³-hybridized carbons (Fsp3) is 0.0714. The first kappa shape index (κ1) is 14.3. The molecule has 2 aromatic rings. The standard InChI is InChI=1S/C14H10BrN3O4/c15-8-1-2-10-9(4-8)7(5-16-10)3-11-13(21)18(6-12(19)20)14(22)17-11/h1-5,21H,6H2,(H,17,22)(H,19,20). The molecule has 7 nitrogen and oxygen atoms in total. The average molecular weight is 364 g/mol. The van der Waals surface area contributed by atoms with Crippen LogP contribution in [0.15, 0.2) is 32.5 Å². The molecule has 0 spiro atoms. The number of carboxylic acid groups (broad SMARTS) is 1. The zero-order valence-corrected chi connectivity index (χ0v) is 12.7. The predicted molar refractivity (Wildman–Crippen MR) is 84.5 cm³/mol. The molecular weight excluding hydrogens is 354 g/mol. The van der Waals surface area contributed by atoms with Crippen LogP contribution in [0.25, 0.3) is 11.6 Å². The number of imidazole rings is 1. The van der Waals surface area contributed by atoms with Gasteiger partial charge in [-0.15, -0.1) is 0 Å². The first-order chi connectivity index (χ1) is 10.5. The molecule has 0 fully saturated rings. The number of aromatic amines is 1. The number of aromatic nitrogens is 2. The summed E-state index contributed by atoms with van der Waals surface area (Å²) in [6.07, 6.45) is 3.17. The lowest BCUT2D eigenvalue weighted by Gasteiger charge is -2.01. The SMILES string of the molecule is O=C(O)Cn1c(O)c(C=C2C=Nc3ccc(Br)cc32)[nH]c1=O. The van der Waals surface area contributed by atoms with Crippen molar-refractivity contribution in [1.82, 2.24) is 9.55 Å². The zero-order chi connectivity index (χ0) is 15.9. The molecule has 0 atom stereocenters. The smallest absolute Gasteiger partial charge is 0.329 e. The molecule has 0 bridgehead atoms. The maximum atomic E-state index is 11.7. The molecule has 0 aliphatic carbocycles. The van der Waals surface area contributed by atoms with Gasteiger partial charge in [0.2, 0.25) is 5.88 Å². The van der Waals surface area contributed by atoms with E-state index in [4.69, 9.17) is 5.11 Å². The Labute approximate surface area is 132 Å². The summed E-state index contributed by atoms with van der Waals surface area (Å²) in [7, 11) is 0. The van der Waals surface area contributed by atoms with Crippen LogP contribution >= 0.6 is 15.9 Å². The Bertz CT molecular complexity index is 892. The van der Waals surface area contributed by atoms with Gasteiger partial charge in [0, 0.05) is 21.8 Å². The monoisotopic (exact) mass is 363 g/mol. The van der Waals surface area contributed by atoms with Gasteiger partial charge in [-0.25, -0.2) is 4.79 Å². The number of halogens is 1. The number of nitrogens with one attached hydrogen (secondary N) is 1. The van der Waals surface area contributed by atoms with Crippen molar-refractivity contribution in [1.29, 1.82) is 0 Å². The van der Waals surface area contributed by atoms with E-state index in [-0.39, 0.29) is 5.69 Å². The van der Waals surface area contributed by atoms with E-state index in [1.165, 1.54) is 0 Å². The lowest BCUT2D eigenvalue weighted by Crippen LogP contribution is -2.21. The zero-order valence-electron chi connectivity index (χ0n) is 11.1. The number of benzene rings is 1. The average Bonchev–Trinajstić information content (AvgIpc) is 2.95. The van der Waals surface area contributed by atoms with Crippen LogP contribution < -0.4 is 5.69 Å². The third-order valence-electron chi connectivity index (χ3n) is 3.19. The molecule has 1 aliphatic rings. The van der Waals surface area contributed by atoms with Crippen LogP contribution in [0.5, 0.6) is 5.88 Å². The number of carbonyl (C=O) groups is 1. The van der Waals surface area contributed by atoms with E-state index >= 15 is 0 Å². The lowest BCUT2D eigenvalue weighted by molar-refractivity contribution is -0.137. The predicted octanol–water partition coefficient (Wildman–Crippen LogP) is 1.99. The van der Waals surface area contributed by atoms with E-state index < -0.39 is 24.1 Å². The Balaban J connectivity index is 2.05. The molecule has 22 heavy (non-hydrogen) atoms. The quantitative estimate of drug-likeness (QED) is 0.774. The number of hydrogen-bond donors (Lipinski definition) is 3. The fourth-order valence-electron chi connectivity index (χ4n) is 2.19. The number of rotatable bonds is 3. The van der Waals surface area contributed by atoms with Crippen molar-refractivity contribution in [2.24, 2.45) is 4.99 Å². The largest absolute Gasteiger partial charge is 0.493 e. The van der Waals surface area contributed by atoms with Crippen molar-refractivity contribution in [3.05, 3.63) is 44.4 Å². The molecule has 112 valence electrons. The third kappa shape index (κ3) is 2.48. The highest BCUT2D eigenvalue weighted by Crippen LogP contribution is 2.35. The van der Waals surface area contributed by atoms with E-state index in [0.717, 1.165) is 20.3 Å². The number of aliphatic imine (C=N–C) groups is 1. The van der Waals surface area contributed by atoms with E-state index in [1.54, 1.807) is 12.3 Å². The first-order valence-electron chi connectivity index (χ1n) is 6.25. The van der Waals surface area contributed by atoms with Crippen LogP contribution in [0.3, 0.4) is 0 Å². The van der Waals surface area contributed by atoms with Gasteiger partial charge in [0.15, 0.2) is 0 Å². The Hall–Kier alpha value is -2.61. The first-order valence-corrected chi connectivity index (χ1v) is 7.04. The summed E-state index contributed by atoms with van der Waals surface area (Å²) in [6.45, 7) is -0.611. The lowest BCUT2D eigenvalue weighted by atomic mass is 10.1. The molecule has 1 aromatic carbocycles. The normalized spacial score (nSPS) is 14.5. The second-order valence-corrected chi connectivity index (χ2v) is 5.58. The van der Waals surface area contributed by atoms with Crippen LogP contribution in [0.1, 0.15) is 11.3 Å². The summed E-state index contributed by atoms with van der Waals surface area (Å²) in [6, 6.07) is 5.58. The number of carboxylic acids is 1. The minimum Gasteiger partial charge on any atom is -0.493 e. The second kappa shape index (κ2) is 5.30. The van der Waals surface area contributed by atoms with E-state index in [2.05, 4.69) is 25.9 Å². The molecular formula is C14H10BrN3O4. The maximum absolute atomic E-state index is 11.7. The Kier molecular flexibility index (Phi) is 3.45. The maximum Gasteiger partial charge on any atom is 0.329 e. The van der Waals surface area contributed by atoms with E-state index in [9.17, 15) is 14.7 Å². The van der Waals surface area contributed by atoms with Gasteiger partial charge in [-0.2, -0.15) is 0 Å². The Morgan fingerprint density at radius 2 is 2.23 bits per heavy atom. The highest BCUT2D eigenvalue weighted by Gasteiger charge is 2.17. The number of allylic oxidation sites excluding steroid dienone is 1. The van der Waals surface area contributed by atoms with E-state index in [0.29, 0.717) is 5.57 Å². The molecule has 8 heteroatoms. The number of aromatic hydroxyl groups is 1. The van der Waals surface area contributed by atoms with Crippen molar-refractivity contribution in [2.45, 2.75) is 6.54 Å². The van der Waals surface area contributed by atoms with Crippen molar-refractivity contribution >= 4 is 45.5 Å². The van der Waals surface area contributed by atoms with Gasteiger partial charge in [0.05, 0.1) is 5.69 Å². The van der Waals surface area contributed by atoms with E-state index in [1.807, 2.05) is 18.2 Å². The van der Waals surface area contributed by atoms with Gasteiger partial charge < -0.3 is 15.2 Å². The third-order valence-corrected chi connectivity index (χ3v) is 3.68. The summed E-state index contributed by atoms with van der Waals surface area (Å²) in [5.41, 5.74) is 1.79. The number of fused-ring (bicyclic) bond motifs is 1. The number of nitrogens with zero attached hydrogens (tertiary/aromatic N) is 2. The van der Waals surface area contributed by atoms with Gasteiger partial charge in [-0.05, 0) is 24.3 Å². The minimum absolute atomic E-state index is 0.139. The summed E-state index contributed by atoms with van der Waals surface area (Å²) in [5, 5.41) is 18.7. The molecule has 0 amide bonds. The molecule has 1 aromatic heterocycles. The highest BCUT2D eigenvalue weighted by atomic mass is 79.9. The van der Waals surface area contributed by atoms with Crippen molar-refractivity contribution in [2.75, 3.05) is 0 Å². The van der Waals surface area contributed by atoms with Crippen LogP contribution in [-0.2, 0) is 11.3 Å². The fourth-order valence-corrected chi connectivity index (χ4v) is 2.56. The van der Waals surface area contributed by atoms with Crippen LogP contribution in [0.4, 0.5) is 5.69 Å². The van der Waals surface area contributed by atoms with Crippen LogP contribution in [0.2, 0.25) is 0 Å². The summed E-state index contributed by atoms with van der Waals surface area (Å²) in [4.78, 5) is 29.1. The number of hydrogen-bond acceptors (Lipinski definition) is 4. The van der Waals surface area contributed by atoms with Crippen molar-refractivity contribution in [3.8, 4) is 5.88 Å².